The highest BCUT2D eigenvalue weighted by Gasteiger charge is 2.05. The van der Waals surface area contributed by atoms with Crippen LogP contribution in [0.2, 0.25) is 0 Å². The lowest BCUT2D eigenvalue weighted by atomic mass is 10.3. The second kappa shape index (κ2) is 4.58. The molecule has 0 atom stereocenters. The molecule has 18 heavy (non-hydrogen) atoms. The predicted octanol–water partition coefficient (Wildman–Crippen LogP) is 1.35. The van der Waals surface area contributed by atoms with Crippen molar-refractivity contribution < 1.29 is 4.74 Å². The number of hydrogen-bond donors (Lipinski definition) is 1. The molecular formula is C12H13N5O. The number of hydrogen-bond acceptors (Lipinski definition) is 4. The third kappa shape index (κ3) is 2.10. The fraction of sp³-hybridized carbons (Fsp3) is 0.250. The van der Waals surface area contributed by atoms with Gasteiger partial charge in [-0.05, 0) is 12.1 Å². The molecule has 1 N–H and O–H groups in total. The van der Waals surface area contributed by atoms with Crippen LogP contribution in [0.15, 0.2) is 30.5 Å². The fourth-order valence-electron chi connectivity index (χ4n) is 1.86. The topological polar surface area (TPSA) is 68.6 Å². The molecule has 3 aromatic rings. The van der Waals surface area contributed by atoms with Crippen LogP contribution in [0.25, 0.3) is 11.0 Å². The number of para-hydroxylation sites is 2. The average molecular weight is 243 g/mol. The highest BCUT2D eigenvalue weighted by Crippen LogP contribution is 2.10. The first-order chi connectivity index (χ1) is 8.85. The van der Waals surface area contributed by atoms with E-state index in [-0.39, 0.29) is 0 Å². The summed E-state index contributed by atoms with van der Waals surface area (Å²) >= 11 is 0. The van der Waals surface area contributed by atoms with Crippen molar-refractivity contribution >= 4 is 11.0 Å². The summed E-state index contributed by atoms with van der Waals surface area (Å²) < 4.78 is 6.74. The summed E-state index contributed by atoms with van der Waals surface area (Å²) in [6.45, 7) is 1.05. The Morgan fingerprint density at radius 3 is 3.06 bits per heavy atom. The van der Waals surface area contributed by atoms with Gasteiger partial charge in [0.2, 0.25) is 0 Å². The van der Waals surface area contributed by atoms with Gasteiger partial charge < -0.3 is 9.72 Å². The van der Waals surface area contributed by atoms with E-state index in [9.17, 15) is 0 Å². The molecule has 6 nitrogen and oxygen atoms in total. The third-order valence-electron chi connectivity index (χ3n) is 2.63. The van der Waals surface area contributed by atoms with Gasteiger partial charge in [-0.25, -0.2) is 9.67 Å². The van der Waals surface area contributed by atoms with Gasteiger partial charge in [-0.15, -0.1) is 5.10 Å². The predicted molar refractivity (Wildman–Crippen MR) is 65.9 cm³/mol. The van der Waals surface area contributed by atoms with Crippen LogP contribution in [0.4, 0.5) is 0 Å². The summed E-state index contributed by atoms with van der Waals surface area (Å²) in [6, 6.07) is 7.94. The maximum absolute atomic E-state index is 5.00. The zero-order valence-corrected chi connectivity index (χ0v) is 10.00. The first-order valence-corrected chi connectivity index (χ1v) is 5.67. The van der Waals surface area contributed by atoms with Crippen LogP contribution in [0, 0.1) is 0 Å². The lowest BCUT2D eigenvalue weighted by Gasteiger charge is -1.94. The molecule has 0 unspecified atom stereocenters. The van der Waals surface area contributed by atoms with Gasteiger partial charge in [-0.1, -0.05) is 17.3 Å². The lowest BCUT2D eigenvalue weighted by Crippen LogP contribution is -2.02. The molecule has 0 spiro atoms. The molecule has 0 saturated carbocycles. The monoisotopic (exact) mass is 243 g/mol. The zero-order valence-electron chi connectivity index (χ0n) is 10.00. The van der Waals surface area contributed by atoms with Crippen molar-refractivity contribution in [2.75, 3.05) is 7.11 Å². The largest absolute Gasteiger partial charge is 0.378 e. The van der Waals surface area contributed by atoms with Crippen molar-refractivity contribution in [3.05, 3.63) is 42.0 Å². The Bertz CT molecular complexity index is 624. The number of nitrogens with zero attached hydrogens (tertiary/aromatic N) is 4. The maximum Gasteiger partial charge on any atom is 0.129 e. The van der Waals surface area contributed by atoms with Gasteiger partial charge in [0.05, 0.1) is 23.8 Å². The summed E-state index contributed by atoms with van der Waals surface area (Å²) in [5.74, 6) is 0.866. The molecule has 0 bridgehead atoms. The van der Waals surface area contributed by atoms with Crippen LogP contribution in [0.3, 0.4) is 0 Å². The Kier molecular flexibility index (Phi) is 2.77. The Hall–Kier alpha value is -2.21. The molecule has 92 valence electrons. The van der Waals surface area contributed by atoms with Gasteiger partial charge in [0, 0.05) is 7.11 Å². The van der Waals surface area contributed by atoms with Crippen molar-refractivity contribution in [1.82, 2.24) is 25.0 Å². The summed E-state index contributed by atoms with van der Waals surface area (Å²) in [4.78, 5) is 7.74. The smallest absolute Gasteiger partial charge is 0.129 e. The second-order valence-corrected chi connectivity index (χ2v) is 4.04. The number of imidazole rings is 1. The highest BCUT2D eigenvalue weighted by atomic mass is 16.5. The van der Waals surface area contributed by atoms with E-state index in [2.05, 4.69) is 20.3 Å². The van der Waals surface area contributed by atoms with Crippen LogP contribution in [-0.2, 0) is 17.9 Å². The third-order valence-corrected chi connectivity index (χ3v) is 2.63. The van der Waals surface area contributed by atoms with E-state index < -0.39 is 0 Å². The SMILES string of the molecule is COCc1cn(Cc2nc3ccccc3[nH]2)nn1. The van der Waals surface area contributed by atoms with E-state index in [0.29, 0.717) is 13.2 Å². The summed E-state index contributed by atoms with van der Waals surface area (Å²) in [7, 11) is 1.64. The maximum atomic E-state index is 5.00. The number of fused-ring (bicyclic) bond motifs is 1. The molecular weight excluding hydrogens is 230 g/mol. The molecule has 2 heterocycles. The molecule has 0 aliphatic heterocycles. The number of rotatable bonds is 4. The molecule has 6 heteroatoms. The molecule has 2 aromatic heterocycles. The van der Waals surface area contributed by atoms with Crippen LogP contribution >= 0.6 is 0 Å². The molecule has 1 aromatic carbocycles. The number of H-pyrrole nitrogens is 1. The minimum absolute atomic E-state index is 0.472. The molecule has 0 aliphatic carbocycles. The number of ether oxygens (including phenoxy) is 1. The van der Waals surface area contributed by atoms with Crippen molar-refractivity contribution in [3.8, 4) is 0 Å². The van der Waals surface area contributed by atoms with Crippen molar-refractivity contribution in [3.63, 3.8) is 0 Å². The van der Waals surface area contributed by atoms with Crippen molar-refractivity contribution in [1.29, 1.82) is 0 Å². The van der Waals surface area contributed by atoms with Gasteiger partial charge in [-0.2, -0.15) is 0 Å². The number of benzene rings is 1. The molecule has 0 aliphatic rings. The fourth-order valence-corrected chi connectivity index (χ4v) is 1.86. The second-order valence-electron chi connectivity index (χ2n) is 4.04. The van der Waals surface area contributed by atoms with Crippen LogP contribution < -0.4 is 0 Å². The van der Waals surface area contributed by atoms with E-state index in [4.69, 9.17) is 4.74 Å². The van der Waals surface area contributed by atoms with E-state index in [1.54, 1.807) is 11.8 Å². The minimum atomic E-state index is 0.472. The van der Waals surface area contributed by atoms with Crippen LogP contribution in [0.1, 0.15) is 11.5 Å². The van der Waals surface area contributed by atoms with E-state index >= 15 is 0 Å². The van der Waals surface area contributed by atoms with E-state index in [0.717, 1.165) is 22.6 Å². The molecule has 0 fully saturated rings. The molecule has 3 rings (SSSR count). The van der Waals surface area contributed by atoms with Crippen LogP contribution in [0.5, 0.6) is 0 Å². The van der Waals surface area contributed by atoms with E-state index in [1.807, 2.05) is 30.5 Å². The standard InChI is InChI=1S/C12H13N5O/c1-18-8-9-6-17(16-15-9)7-12-13-10-4-2-3-5-11(10)14-12/h2-6H,7-8H2,1H3,(H,13,14). The number of aromatic nitrogens is 5. The molecule has 0 amide bonds. The quantitative estimate of drug-likeness (QED) is 0.751. The summed E-state index contributed by atoms with van der Waals surface area (Å²) in [5.41, 5.74) is 2.81. The Balaban J connectivity index is 1.82. The average Bonchev–Trinajstić information content (AvgIpc) is 2.96. The van der Waals surface area contributed by atoms with E-state index in [1.165, 1.54) is 0 Å². The van der Waals surface area contributed by atoms with Gasteiger partial charge in [-0.3, -0.25) is 0 Å². The highest BCUT2D eigenvalue weighted by molar-refractivity contribution is 5.74. The Labute approximate surface area is 104 Å². The van der Waals surface area contributed by atoms with Gasteiger partial charge in [0.25, 0.3) is 0 Å². The van der Waals surface area contributed by atoms with Gasteiger partial charge in [0.15, 0.2) is 0 Å². The zero-order chi connectivity index (χ0) is 12.4. The molecule has 0 radical (unpaired) electrons. The summed E-state index contributed by atoms with van der Waals surface area (Å²) in [5, 5.41) is 8.03. The first kappa shape index (κ1) is 10.9. The summed E-state index contributed by atoms with van der Waals surface area (Å²) in [6.07, 6.45) is 1.86. The van der Waals surface area contributed by atoms with Gasteiger partial charge >= 0.3 is 0 Å². The normalized spacial score (nSPS) is 11.2. The minimum Gasteiger partial charge on any atom is -0.378 e. The number of nitrogens with one attached hydrogen (secondary N) is 1. The Morgan fingerprint density at radius 1 is 1.33 bits per heavy atom. The Morgan fingerprint density at radius 2 is 2.22 bits per heavy atom. The number of aromatic amines is 1. The number of methoxy groups -OCH3 is 1. The molecule has 0 saturated heterocycles. The first-order valence-electron chi connectivity index (χ1n) is 5.67. The van der Waals surface area contributed by atoms with Crippen LogP contribution in [-0.4, -0.2) is 32.1 Å². The lowest BCUT2D eigenvalue weighted by molar-refractivity contribution is 0.181. The van der Waals surface area contributed by atoms with Crippen molar-refractivity contribution in [2.24, 2.45) is 0 Å². The van der Waals surface area contributed by atoms with Gasteiger partial charge in [0.1, 0.15) is 18.1 Å². The van der Waals surface area contributed by atoms with Crippen molar-refractivity contribution in [2.45, 2.75) is 13.2 Å².